The lowest BCUT2D eigenvalue weighted by Crippen LogP contribution is -2.62. The number of carbonyl (C=O) groups is 4. The molecule has 0 aromatic heterocycles. The van der Waals surface area contributed by atoms with E-state index in [1.807, 2.05) is 4.90 Å². The Hall–Kier alpha value is -3.22. The van der Waals surface area contributed by atoms with Crippen LogP contribution in [0.1, 0.15) is 45.4 Å². The molecule has 0 bridgehead atoms. The van der Waals surface area contributed by atoms with Crippen LogP contribution in [-0.4, -0.2) is 90.2 Å². The van der Waals surface area contributed by atoms with Crippen LogP contribution in [0.5, 0.6) is 5.75 Å². The van der Waals surface area contributed by atoms with Crippen molar-refractivity contribution in [2.75, 3.05) is 38.6 Å². The van der Waals surface area contributed by atoms with Gasteiger partial charge in [0.1, 0.15) is 17.8 Å². The highest BCUT2D eigenvalue weighted by Gasteiger charge is 2.45. The Bertz CT molecular complexity index is 1150. The largest absolute Gasteiger partial charge is 0.573 e. The number of benzene rings is 1. The summed E-state index contributed by atoms with van der Waals surface area (Å²) in [5.74, 6) is -1.82. The molecule has 1 N–H and O–H groups in total. The van der Waals surface area contributed by atoms with E-state index in [1.54, 1.807) is 0 Å². The van der Waals surface area contributed by atoms with Gasteiger partial charge in [0, 0.05) is 38.3 Å². The number of halogens is 4. The monoisotopic (exact) mass is 588 g/mol. The number of rotatable bonds is 7. The number of carbonyl (C=O) groups excluding carboxylic acids is 4. The number of alkyl halides is 3. The summed E-state index contributed by atoms with van der Waals surface area (Å²) in [6, 6.07) is 0.633. The van der Waals surface area contributed by atoms with Gasteiger partial charge in [0.25, 0.3) is 0 Å². The first-order valence-corrected chi connectivity index (χ1v) is 13.5. The van der Waals surface area contributed by atoms with E-state index in [4.69, 9.17) is 16.3 Å². The van der Waals surface area contributed by atoms with E-state index >= 15 is 0 Å². The number of hydrogen-bond donors (Lipinski definition) is 1. The lowest BCUT2D eigenvalue weighted by molar-refractivity contribution is -0.274. The molecule has 2 heterocycles. The van der Waals surface area contributed by atoms with Gasteiger partial charge in [-0.25, -0.2) is 9.59 Å². The van der Waals surface area contributed by atoms with Crippen molar-refractivity contribution in [3.8, 4) is 5.75 Å². The predicted octanol–water partition coefficient (Wildman–Crippen LogP) is 4.03. The second kappa shape index (κ2) is 11.7. The van der Waals surface area contributed by atoms with Crippen LogP contribution in [0.2, 0.25) is 5.02 Å². The zero-order chi connectivity index (χ0) is 29.2. The first kappa shape index (κ1) is 29.8. The van der Waals surface area contributed by atoms with E-state index in [2.05, 4.69) is 10.1 Å². The van der Waals surface area contributed by atoms with E-state index in [0.717, 1.165) is 25.0 Å². The van der Waals surface area contributed by atoms with Crippen molar-refractivity contribution < 1.29 is 41.8 Å². The second-order valence-electron chi connectivity index (χ2n) is 10.5. The molecule has 3 aliphatic rings. The van der Waals surface area contributed by atoms with Gasteiger partial charge in [0.2, 0.25) is 11.8 Å². The number of nitrogens with zero attached hydrogens (tertiary/aromatic N) is 3. The first-order chi connectivity index (χ1) is 18.8. The highest BCUT2D eigenvalue weighted by atomic mass is 35.5. The molecule has 4 rings (SSSR count). The number of hydrogen-bond acceptors (Lipinski definition) is 6. The number of urea groups is 1. The fourth-order valence-corrected chi connectivity index (χ4v) is 5.54. The molecule has 2 saturated heterocycles. The standard InChI is InChI=1S/C26H32ClF3N4O6/c1-16-22(36)34(19(23(37)39-2)4-6-21(35)32-11-9-25(7-8-25)10-12-32)14-13-33(16)24(38)31-17-3-5-20(18(27)15-17)40-26(28,29)30/h3,5,15-16,19H,4,6-14H2,1-2H3,(H,31,38)/t16-,19-/m0/s1. The summed E-state index contributed by atoms with van der Waals surface area (Å²) in [5.41, 5.74) is 0.528. The van der Waals surface area contributed by atoms with E-state index in [9.17, 15) is 32.3 Å². The number of anilines is 1. The maximum Gasteiger partial charge on any atom is 0.573 e. The number of nitrogens with one attached hydrogen (secondary N) is 1. The molecule has 1 aliphatic carbocycles. The number of amides is 4. The van der Waals surface area contributed by atoms with Crippen molar-refractivity contribution in [2.45, 2.75) is 63.9 Å². The third kappa shape index (κ3) is 6.91. The van der Waals surface area contributed by atoms with E-state index in [0.29, 0.717) is 18.5 Å². The summed E-state index contributed by atoms with van der Waals surface area (Å²) in [5, 5.41) is 2.15. The average Bonchev–Trinajstić information content (AvgIpc) is 3.65. The van der Waals surface area contributed by atoms with Crippen LogP contribution in [0, 0.1) is 5.41 Å². The average molecular weight is 589 g/mol. The molecule has 2 atom stereocenters. The molecule has 1 aromatic rings. The first-order valence-electron chi connectivity index (χ1n) is 13.1. The number of piperazine rings is 1. The minimum absolute atomic E-state index is 0.0237. The van der Waals surface area contributed by atoms with Gasteiger partial charge in [-0.2, -0.15) is 0 Å². The van der Waals surface area contributed by atoms with Crippen molar-refractivity contribution in [2.24, 2.45) is 5.41 Å². The molecule has 0 radical (unpaired) electrons. The van der Waals surface area contributed by atoms with Crippen LogP contribution >= 0.6 is 11.6 Å². The summed E-state index contributed by atoms with van der Waals surface area (Å²) >= 11 is 5.85. The molecule has 1 aromatic carbocycles. The zero-order valence-corrected chi connectivity index (χ0v) is 23.0. The van der Waals surface area contributed by atoms with Crippen LogP contribution < -0.4 is 10.1 Å². The van der Waals surface area contributed by atoms with Crippen molar-refractivity contribution in [1.29, 1.82) is 0 Å². The smallest absolute Gasteiger partial charge is 0.467 e. The summed E-state index contributed by atoms with van der Waals surface area (Å²) in [4.78, 5) is 56.0. The quantitative estimate of drug-likeness (QED) is 0.482. The van der Waals surface area contributed by atoms with Crippen LogP contribution in [-0.2, 0) is 19.1 Å². The van der Waals surface area contributed by atoms with Crippen molar-refractivity contribution in [1.82, 2.24) is 14.7 Å². The van der Waals surface area contributed by atoms with E-state index in [-0.39, 0.29) is 42.5 Å². The molecule has 40 heavy (non-hydrogen) atoms. The van der Waals surface area contributed by atoms with Crippen molar-refractivity contribution >= 4 is 41.1 Å². The molecule has 4 amide bonds. The summed E-state index contributed by atoms with van der Waals surface area (Å²) < 4.78 is 46.2. The molecular formula is C26H32ClF3N4O6. The molecule has 2 aliphatic heterocycles. The number of likely N-dealkylation sites (tertiary alicyclic amines) is 1. The predicted molar refractivity (Wildman–Crippen MR) is 138 cm³/mol. The third-order valence-corrected chi connectivity index (χ3v) is 8.27. The molecular weight excluding hydrogens is 557 g/mol. The van der Waals surface area contributed by atoms with Gasteiger partial charge in [0.05, 0.1) is 12.1 Å². The second-order valence-corrected chi connectivity index (χ2v) is 10.9. The topological polar surface area (TPSA) is 108 Å². The Balaban J connectivity index is 1.34. The number of methoxy groups -OCH3 is 1. The molecule has 3 fully saturated rings. The fraction of sp³-hybridized carbons (Fsp3) is 0.615. The van der Waals surface area contributed by atoms with Crippen LogP contribution in [0.4, 0.5) is 23.7 Å². The fourth-order valence-electron chi connectivity index (χ4n) is 5.32. The molecule has 1 spiro atoms. The summed E-state index contributed by atoms with van der Waals surface area (Å²) in [7, 11) is 1.21. The van der Waals surface area contributed by atoms with Crippen LogP contribution in [0.3, 0.4) is 0 Å². The summed E-state index contributed by atoms with van der Waals surface area (Å²) in [6.07, 6.45) is -0.298. The van der Waals surface area contributed by atoms with Crippen molar-refractivity contribution in [3.05, 3.63) is 23.2 Å². The van der Waals surface area contributed by atoms with Crippen molar-refractivity contribution in [3.63, 3.8) is 0 Å². The minimum atomic E-state index is -4.92. The maximum atomic E-state index is 13.3. The van der Waals surface area contributed by atoms with E-state index < -0.39 is 42.1 Å². The molecule has 10 nitrogen and oxygen atoms in total. The van der Waals surface area contributed by atoms with Gasteiger partial charge in [0.15, 0.2) is 0 Å². The minimum Gasteiger partial charge on any atom is -0.467 e. The number of ether oxygens (including phenoxy) is 2. The molecule has 220 valence electrons. The van der Waals surface area contributed by atoms with Gasteiger partial charge >= 0.3 is 18.4 Å². The van der Waals surface area contributed by atoms with Gasteiger partial charge in [-0.15, -0.1) is 13.2 Å². The number of esters is 1. The van der Waals surface area contributed by atoms with Crippen LogP contribution in [0.15, 0.2) is 18.2 Å². The Morgan fingerprint density at radius 3 is 2.38 bits per heavy atom. The lowest BCUT2D eigenvalue weighted by Gasteiger charge is -2.41. The Morgan fingerprint density at radius 1 is 1.12 bits per heavy atom. The lowest BCUT2D eigenvalue weighted by atomic mass is 9.93. The van der Waals surface area contributed by atoms with E-state index in [1.165, 1.54) is 42.7 Å². The van der Waals surface area contributed by atoms with Gasteiger partial charge in [-0.3, -0.25) is 9.59 Å². The molecule has 1 saturated carbocycles. The summed E-state index contributed by atoms with van der Waals surface area (Å²) in [6.45, 7) is 3.00. The normalized spacial score (nSPS) is 21.2. The Labute approximate surface area is 234 Å². The SMILES string of the molecule is COC(=O)[C@H](CCC(=O)N1CCC2(CC1)CC2)N1CCN(C(=O)Nc2ccc(OC(F)(F)F)c(Cl)c2)[C@@H](C)C1=O. The molecule has 0 unspecified atom stereocenters. The maximum absolute atomic E-state index is 13.3. The Morgan fingerprint density at radius 2 is 1.80 bits per heavy atom. The van der Waals surface area contributed by atoms with Crippen LogP contribution in [0.25, 0.3) is 0 Å². The van der Waals surface area contributed by atoms with Gasteiger partial charge in [-0.1, -0.05) is 11.6 Å². The molecule has 14 heteroatoms. The number of piperidine rings is 1. The highest BCUT2D eigenvalue weighted by molar-refractivity contribution is 6.32. The third-order valence-electron chi connectivity index (χ3n) is 7.97. The van der Waals surface area contributed by atoms with Gasteiger partial charge < -0.3 is 29.5 Å². The Kier molecular flexibility index (Phi) is 8.72. The highest BCUT2D eigenvalue weighted by Crippen LogP contribution is 2.53. The zero-order valence-electron chi connectivity index (χ0n) is 22.3. The van der Waals surface area contributed by atoms with Gasteiger partial charge in [-0.05, 0) is 62.6 Å².